The molecule has 3 aromatic rings. The highest BCUT2D eigenvalue weighted by atomic mass is 127. The zero-order valence-electron chi connectivity index (χ0n) is 18.8. The summed E-state index contributed by atoms with van der Waals surface area (Å²) < 4.78 is 123. The number of rotatable bonds is 8. The second-order valence-electron chi connectivity index (χ2n) is 7.21. The van der Waals surface area contributed by atoms with Gasteiger partial charge in [-0.15, -0.1) is 0 Å². The molecule has 0 spiro atoms. The van der Waals surface area contributed by atoms with Gasteiger partial charge in [-0.3, -0.25) is 0 Å². The standard InChI is InChI=1S/C18H14O2S.C4HF8IO4S/c19-14-6-10-17(11-7-14)21(16-4-2-1-3-5-16)18-12-8-15(20)9-13-18;5-1(6,13)2(7,8)17-3(9,10)4(11,12)18(14,15)16/h1-13H,(H-,19,20);(H,14,15,16). The molecule has 17 heteroatoms. The van der Waals surface area contributed by atoms with Gasteiger partial charge in [0.05, 0.1) is 10.9 Å². The van der Waals surface area contributed by atoms with Crippen LogP contribution in [0, 0.1) is 0 Å². The van der Waals surface area contributed by atoms with Gasteiger partial charge >= 0.3 is 21.4 Å². The fourth-order valence-electron chi connectivity index (χ4n) is 2.55. The lowest BCUT2D eigenvalue weighted by molar-refractivity contribution is -0.438. The van der Waals surface area contributed by atoms with E-state index >= 15 is 0 Å². The van der Waals surface area contributed by atoms with Gasteiger partial charge in [-0.25, -0.2) is 13.2 Å². The Morgan fingerprint density at radius 2 is 1.03 bits per heavy atom. The van der Waals surface area contributed by atoms with Gasteiger partial charge in [0.2, 0.25) is 0 Å². The summed E-state index contributed by atoms with van der Waals surface area (Å²) >= 11 is -0.406. The Morgan fingerprint density at radius 1 is 0.667 bits per heavy atom. The van der Waals surface area contributed by atoms with Crippen molar-refractivity contribution in [3.63, 3.8) is 0 Å². The number of hydrogen-bond acceptors (Lipinski definition) is 6. The molecule has 2 N–H and O–H groups in total. The predicted molar refractivity (Wildman–Crippen MR) is 129 cm³/mol. The first kappa shape index (κ1) is 32.9. The second-order valence-corrected chi connectivity index (χ2v) is 12.0. The van der Waals surface area contributed by atoms with E-state index in [0.29, 0.717) is 0 Å². The van der Waals surface area contributed by atoms with Gasteiger partial charge in [0, 0.05) is 22.6 Å². The summed E-state index contributed by atoms with van der Waals surface area (Å²) in [6.07, 6.45) is -12.8. The van der Waals surface area contributed by atoms with E-state index in [1.54, 1.807) is 24.3 Å². The summed E-state index contributed by atoms with van der Waals surface area (Å²) in [5, 5.41) is 12.3. The fourth-order valence-corrected chi connectivity index (χ4v) is 5.06. The van der Waals surface area contributed by atoms with Gasteiger partial charge in [-0.1, -0.05) is 18.2 Å². The van der Waals surface area contributed by atoms with E-state index in [1.807, 2.05) is 47.2 Å². The van der Waals surface area contributed by atoms with Crippen LogP contribution in [0.4, 0.5) is 35.1 Å². The molecule has 214 valence electrons. The Morgan fingerprint density at radius 3 is 1.36 bits per heavy atom. The summed E-state index contributed by atoms with van der Waals surface area (Å²) in [7, 11) is -7.37. The number of hydrogen-bond donors (Lipinski definition) is 2. The molecule has 39 heavy (non-hydrogen) atoms. The summed E-state index contributed by atoms with van der Waals surface area (Å²) in [5.74, 6) is 0.530. The molecule has 0 aliphatic rings. The monoisotopic (exact) mass is 718 g/mol. The maximum absolute atomic E-state index is 12.4. The number of phenolic OH excluding ortho intramolecular Hbond substituents is 2. The van der Waals surface area contributed by atoms with E-state index in [-0.39, 0.29) is 22.4 Å². The lowest BCUT2D eigenvalue weighted by Gasteiger charge is -2.31. The number of benzene rings is 3. The largest absolute Gasteiger partial charge is 0.743 e. The van der Waals surface area contributed by atoms with Crippen LogP contribution in [-0.4, -0.2) is 44.6 Å². The van der Waals surface area contributed by atoms with E-state index in [0.717, 1.165) is 9.79 Å². The summed E-state index contributed by atoms with van der Waals surface area (Å²) in [5.41, 5.74) is 0. The highest BCUT2D eigenvalue weighted by molar-refractivity contribution is 14.1. The van der Waals surface area contributed by atoms with Crippen molar-refractivity contribution in [2.45, 2.75) is 36.1 Å². The molecular formula is C22H15F8IO6S2. The van der Waals surface area contributed by atoms with E-state index in [2.05, 4.69) is 12.1 Å². The molecule has 0 aromatic heterocycles. The van der Waals surface area contributed by atoms with Gasteiger partial charge in [0.15, 0.2) is 24.8 Å². The van der Waals surface area contributed by atoms with Crippen LogP contribution in [-0.2, 0) is 25.7 Å². The molecule has 0 atom stereocenters. The molecular weight excluding hydrogens is 703 g/mol. The molecule has 0 aliphatic heterocycles. The smallest absolute Gasteiger partial charge is 0.438 e. The topological polar surface area (TPSA) is 107 Å². The van der Waals surface area contributed by atoms with Crippen LogP contribution in [0.15, 0.2) is 93.5 Å². The van der Waals surface area contributed by atoms with Crippen molar-refractivity contribution in [1.29, 1.82) is 0 Å². The van der Waals surface area contributed by atoms with Crippen LogP contribution in [0.2, 0.25) is 0 Å². The Balaban J connectivity index is 0.000000278. The lowest BCUT2D eigenvalue weighted by Crippen LogP contribution is -2.54. The Labute approximate surface area is 232 Å². The molecule has 0 fully saturated rings. The fraction of sp³-hybridized carbons (Fsp3) is 0.182. The van der Waals surface area contributed by atoms with Crippen molar-refractivity contribution in [3.05, 3.63) is 78.9 Å². The van der Waals surface area contributed by atoms with Gasteiger partial charge in [-0.2, -0.15) is 35.1 Å². The van der Waals surface area contributed by atoms with E-state index in [4.69, 9.17) is 0 Å². The average molecular weight is 718 g/mol. The molecule has 0 aliphatic carbocycles. The first-order chi connectivity index (χ1) is 17.7. The highest BCUT2D eigenvalue weighted by Gasteiger charge is 2.71. The quantitative estimate of drug-likeness (QED) is 0.0901. The maximum Gasteiger partial charge on any atom is 0.438 e. The Hall–Kier alpha value is -2.35. The molecule has 0 bridgehead atoms. The van der Waals surface area contributed by atoms with Gasteiger partial charge in [0.1, 0.15) is 11.5 Å². The van der Waals surface area contributed by atoms with Crippen LogP contribution in [0.1, 0.15) is 0 Å². The molecule has 3 rings (SSSR count). The molecule has 0 amide bonds. The molecule has 0 saturated heterocycles. The van der Waals surface area contributed by atoms with E-state index < -0.39 is 54.1 Å². The minimum Gasteiger partial charge on any atom is -0.743 e. The van der Waals surface area contributed by atoms with Crippen LogP contribution in [0.3, 0.4) is 0 Å². The molecule has 6 nitrogen and oxygen atoms in total. The van der Waals surface area contributed by atoms with Crippen molar-refractivity contribution < 1.29 is 63.0 Å². The number of alkyl halides is 9. The molecule has 0 radical (unpaired) electrons. The highest BCUT2D eigenvalue weighted by Crippen LogP contribution is 2.48. The van der Waals surface area contributed by atoms with Crippen molar-refractivity contribution >= 4 is 43.6 Å². The predicted octanol–water partition coefficient (Wildman–Crippen LogP) is 6.55. The summed E-state index contributed by atoms with van der Waals surface area (Å²) in [4.78, 5) is 3.46. The normalized spacial score (nSPS) is 13.1. The van der Waals surface area contributed by atoms with Crippen molar-refractivity contribution in [2.24, 2.45) is 0 Å². The van der Waals surface area contributed by atoms with Crippen LogP contribution < -0.4 is 0 Å². The minimum absolute atomic E-state index is 0.253. The average Bonchev–Trinajstić information content (AvgIpc) is 2.81. The number of phenols is 2. The van der Waals surface area contributed by atoms with Crippen molar-refractivity contribution in [2.75, 3.05) is 0 Å². The molecule has 3 aromatic carbocycles. The van der Waals surface area contributed by atoms with Crippen LogP contribution in [0.25, 0.3) is 0 Å². The maximum atomic E-state index is 12.4. The Bertz CT molecular complexity index is 1290. The first-order valence-corrected chi connectivity index (χ1v) is 13.6. The minimum atomic E-state index is -7.12. The van der Waals surface area contributed by atoms with Crippen LogP contribution >= 0.6 is 22.6 Å². The third kappa shape index (κ3) is 8.09. The number of ether oxygens (including phenoxy) is 1. The zero-order chi connectivity index (χ0) is 29.9. The SMILES string of the molecule is O=S(=O)([O-])C(F)(F)C(F)(F)OC(F)(F)C(F)(F)I.Oc1ccc([S+](c2ccccc2)c2ccc(O)cc2)cc1. The van der Waals surface area contributed by atoms with Gasteiger partial charge in [-0.05, 0) is 60.7 Å². The van der Waals surface area contributed by atoms with E-state index in [1.165, 1.54) is 4.90 Å². The second kappa shape index (κ2) is 12.0. The summed E-state index contributed by atoms with van der Waals surface area (Å²) in [6, 6.07) is 24.8. The van der Waals surface area contributed by atoms with Crippen LogP contribution in [0.5, 0.6) is 11.5 Å². The lowest BCUT2D eigenvalue weighted by atomic mass is 10.3. The number of halogens is 9. The third-order valence-corrected chi connectivity index (χ3v) is 8.09. The van der Waals surface area contributed by atoms with Gasteiger partial charge in [0.25, 0.3) is 0 Å². The number of aromatic hydroxyl groups is 2. The third-order valence-electron chi connectivity index (χ3n) is 4.36. The van der Waals surface area contributed by atoms with E-state index in [9.17, 15) is 58.3 Å². The van der Waals surface area contributed by atoms with Crippen molar-refractivity contribution in [1.82, 2.24) is 0 Å². The zero-order valence-corrected chi connectivity index (χ0v) is 22.5. The molecule has 0 unspecified atom stereocenters. The van der Waals surface area contributed by atoms with Crippen molar-refractivity contribution in [3.8, 4) is 11.5 Å². The Kier molecular flexibility index (Phi) is 10.1. The summed E-state index contributed by atoms with van der Waals surface area (Å²) in [6.45, 7) is 0. The van der Waals surface area contributed by atoms with Gasteiger partial charge < -0.3 is 14.8 Å². The molecule has 0 saturated carbocycles. The first-order valence-electron chi connectivity index (χ1n) is 9.93. The molecule has 0 heterocycles.